The molecule has 170 valence electrons. The average Bonchev–Trinajstić information content (AvgIpc) is 3.30. The van der Waals surface area contributed by atoms with Crippen LogP contribution in [0.3, 0.4) is 0 Å². The van der Waals surface area contributed by atoms with Crippen molar-refractivity contribution >= 4 is 11.6 Å². The van der Waals surface area contributed by atoms with Crippen LogP contribution in [0.5, 0.6) is 5.75 Å². The predicted molar refractivity (Wildman–Crippen MR) is 118 cm³/mol. The number of aryl methyl sites for hydroxylation is 1. The lowest BCUT2D eigenvalue weighted by Gasteiger charge is -2.10. The van der Waals surface area contributed by atoms with Gasteiger partial charge in [0.15, 0.2) is 17.7 Å². The highest BCUT2D eigenvalue weighted by molar-refractivity contribution is 6.02. The van der Waals surface area contributed by atoms with Crippen LogP contribution in [0.15, 0.2) is 46.5 Å². The van der Waals surface area contributed by atoms with Gasteiger partial charge >= 0.3 is 0 Å². The summed E-state index contributed by atoms with van der Waals surface area (Å²) in [6, 6.07) is 7.70. The zero-order chi connectivity index (χ0) is 23.5. The van der Waals surface area contributed by atoms with Gasteiger partial charge in [0.25, 0.3) is 11.5 Å². The number of oxime groups is 1. The second kappa shape index (κ2) is 9.19. The summed E-state index contributed by atoms with van der Waals surface area (Å²) in [5.41, 5.74) is 3.01. The number of nitrogens with zero attached hydrogens (tertiary/aromatic N) is 3. The van der Waals surface area contributed by atoms with Gasteiger partial charge in [-0.25, -0.2) is 14.4 Å². The maximum atomic E-state index is 13.6. The van der Waals surface area contributed by atoms with Crippen molar-refractivity contribution in [3.8, 4) is 5.75 Å². The minimum Gasteiger partial charge on any atom is -0.494 e. The summed E-state index contributed by atoms with van der Waals surface area (Å²) in [7, 11) is 1.38. The molecule has 9 nitrogen and oxygen atoms in total. The predicted octanol–water partition coefficient (Wildman–Crippen LogP) is 2.73. The molecule has 3 aromatic rings. The van der Waals surface area contributed by atoms with E-state index in [0.29, 0.717) is 34.8 Å². The first kappa shape index (κ1) is 22.1. The van der Waals surface area contributed by atoms with Crippen LogP contribution >= 0.6 is 0 Å². The third kappa shape index (κ3) is 4.74. The second-order valence-corrected chi connectivity index (χ2v) is 7.56. The molecule has 33 heavy (non-hydrogen) atoms. The first-order valence-corrected chi connectivity index (χ1v) is 10.2. The Morgan fingerprint density at radius 1 is 1.27 bits per heavy atom. The number of aromatic nitrogens is 3. The van der Waals surface area contributed by atoms with Crippen LogP contribution in [0.2, 0.25) is 0 Å². The molecule has 0 spiro atoms. The van der Waals surface area contributed by atoms with E-state index in [0.717, 1.165) is 5.56 Å². The third-order valence-corrected chi connectivity index (χ3v) is 5.30. The number of methoxy groups -OCH3 is 1. The Morgan fingerprint density at radius 3 is 2.88 bits per heavy atom. The van der Waals surface area contributed by atoms with E-state index in [1.54, 1.807) is 38.2 Å². The van der Waals surface area contributed by atoms with Crippen LogP contribution in [0.25, 0.3) is 0 Å². The van der Waals surface area contributed by atoms with E-state index in [9.17, 15) is 14.0 Å². The van der Waals surface area contributed by atoms with E-state index in [1.807, 2.05) is 0 Å². The lowest BCUT2D eigenvalue weighted by Crippen LogP contribution is -2.25. The molecule has 1 aliphatic rings. The lowest BCUT2D eigenvalue weighted by atomic mass is 10.00. The Hall–Kier alpha value is -4.08. The normalized spacial score (nSPS) is 15.0. The van der Waals surface area contributed by atoms with Crippen LogP contribution in [0.4, 0.5) is 4.39 Å². The van der Waals surface area contributed by atoms with Crippen LogP contribution < -0.4 is 15.6 Å². The molecule has 1 aliphatic heterocycles. The van der Waals surface area contributed by atoms with Crippen LogP contribution in [-0.4, -0.2) is 33.7 Å². The van der Waals surface area contributed by atoms with Crippen LogP contribution in [0, 0.1) is 19.7 Å². The van der Waals surface area contributed by atoms with Gasteiger partial charge in [-0.05, 0) is 43.7 Å². The number of rotatable bonds is 6. The highest BCUT2D eigenvalue weighted by atomic mass is 19.1. The average molecular weight is 451 g/mol. The molecule has 1 amide bonds. The Labute approximate surface area is 188 Å². The fourth-order valence-corrected chi connectivity index (χ4v) is 3.53. The van der Waals surface area contributed by atoms with Crippen molar-refractivity contribution < 1.29 is 18.8 Å². The summed E-state index contributed by atoms with van der Waals surface area (Å²) in [6.07, 6.45) is 1.56. The van der Waals surface area contributed by atoms with Crippen molar-refractivity contribution in [3.05, 3.63) is 86.6 Å². The molecule has 2 aromatic heterocycles. The number of H-pyrrole nitrogens is 1. The number of pyridine rings is 1. The van der Waals surface area contributed by atoms with E-state index in [1.165, 1.54) is 19.2 Å². The van der Waals surface area contributed by atoms with Gasteiger partial charge in [0, 0.05) is 30.3 Å². The molecule has 0 fully saturated rings. The van der Waals surface area contributed by atoms with E-state index in [2.05, 4.69) is 25.4 Å². The van der Waals surface area contributed by atoms with Crippen molar-refractivity contribution in [1.82, 2.24) is 20.3 Å². The van der Waals surface area contributed by atoms with Crippen LogP contribution in [0.1, 0.15) is 51.2 Å². The zero-order valence-corrected chi connectivity index (χ0v) is 18.3. The number of hydrogen-bond acceptors (Lipinski definition) is 7. The summed E-state index contributed by atoms with van der Waals surface area (Å²) in [6.45, 7) is 3.57. The van der Waals surface area contributed by atoms with Gasteiger partial charge in [-0.15, -0.1) is 0 Å². The number of carbonyl (C=O) groups is 1. The molecule has 0 radical (unpaired) electrons. The number of amides is 1. The standard InChI is InChI=1S/C23H22FN5O4/c1-12-15(6-7-25-22(12)30)20-10-18(29-33-20)17-9-19(28-13(2)27-17)23(31)26-11-14-4-5-16(24)21(8-14)32-3/h4-9,20H,10-11H2,1-3H3,(H,25,30)(H,26,31). The van der Waals surface area contributed by atoms with Crippen molar-refractivity contribution in [2.45, 2.75) is 32.9 Å². The summed E-state index contributed by atoms with van der Waals surface area (Å²) in [4.78, 5) is 41.4. The maximum Gasteiger partial charge on any atom is 0.270 e. The number of halogens is 1. The Bertz CT molecular complexity index is 1300. The molecule has 1 unspecified atom stereocenters. The van der Waals surface area contributed by atoms with Crippen molar-refractivity contribution in [3.63, 3.8) is 0 Å². The molecule has 0 aliphatic carbocycles. The number of hydrogen-bond donors (Lipinski definition) is 2. The summed E-state index contributed by atoms with van der Waals surface area (Å²) in [5.74, 6) is -0.380. The monoisotopic (exact) mass is 451 g/mol. The quantitative estimate of drug-likeness (QED) is 0.595. The Morgan fingerprint density at radius 2 is 2.09 bits per heavy atom. The molecule has 0 bridgehead atoms. The van der Waals surface area contributed by atoms with E-state index in [4.69, 9.17) is 9.57 Å². The highest BCUT2D eigenvalue weighted by Gasteiger charge is 2.27. The first-order valence-electron chi connectivity index (χ1n) is 10.2. The van der Waals surface area contributed by atoms with Gasteiger partial charge in [-0.1, -0.05) is 11.2 Å². The number of nitrogens with one attached hydrogen (secondary N) is 2. The summed E-state index contributed by atoms with van der Waals surface area (Å²) < 4.78 is 18.5. The molecule has 1 atom stereocenters. The van der Waals surface area contributed by atoms with E-state index < -0.39 is 17.8 Å². The van der Waals surface area contributed by atoms with Gasteiger partial charge in [-0.3, -0.25) is 9.59 Å². The van der Waals surface area contributed by atoms with Crippen LogP contribution in [-0.2, 0) is 11.4 Å². The SMILES string of the molecule is COc1cc(CNC(=O)c2cc(C3=NOC(c4cc[nH]c(=O)c4C)C3)nc(C)n2)ccc1F. The molecule has 1 aromatic carbocycles. The highest BCUT2D eigenvalue weighted by Crippen LogP contribution is 2.30. The molecule has 3 heterocycles. The number of carbonyl (C=O) groups excluding carboxylic acids is 1. The third-order valence-electron chi connectivity index (χ3n) is 5.30. The van der Waals surface area contributed by atoms with Gasteiger partial charge in [0.2, 0.25) is 0 Å². The maximum absolute atomic E-state index is 13.6. The molecular formula is C23H22FN5O4. The second-order valence-electron chi connectivity index (χ2n) is 7.56. The van der Waals surface area contributed by atoms with Gasteiger partial charge < -0.3 is 19.9 Å². The molecule has 0 saturated heterocycles. The zero-order valence-electron chi connectivity index (χ0n) is 18.3. The lowest BCUT2D eigenvalue weighted by molar-refractivity contribution is 0.0851. The van der Waals surface area contributed by atoms with Gasteiger partial charge in [0.1, 0.15) is 17.2 Å². The topological polar surface area (TPSA) is 119 Å². The fourth-order valence-electron chi connectivity index (χ4n) is 3.53. The largest absolute Gasteiger partial charge is 0.494 e. The Balaban J connectivity index is 1.48. The van der Waals surface area contributed by atoms with Gasteiger partial charge in [-0.2, -0.15) is 0 Å². The molecule has 4 rings (SSSR count). The number of benzene rings is 1. The van der Waals surface area contributed by atoms with Crippen molar-refractivity contribution in [1.29, 1.82) is 0 Å². The molecule has 0 saturated carbocycles. The number of aromatic amines is 1. The number of ether oxygens (including phenoxy) is 1. The minimum atomic E-state index is -0.475. The van der Waals surface area contributed by atoms with Crippen molar-refractivity contribution in [2.75, 3.05) is 7.11 Å². The minimum absolute atomic E-state index is 0.103. The van der Waals surface area contributed by atoms with E-state index in [-0.39, 0.29) is 23.5 Å². The summed E-state index contributed by atoms with van der Waals surface area (Å²) in [5, 5.41) is 6.89. The van der Waals surface area contributed by atoms with Gasteiger partial charge in [0.05, 0.1) is 12.8 Å². The van der Waals surface area contributed by atoms with Crippen molar-refractivity contribution in [2.24, 2.45) is 5.16 Å². The fraction of sp³-hybridized carbons (Fsp3) is 0.261. The van der Waals surface area contributed by atoms with E-state index >= 15 is 0 Å². The Kier molecular flexibility index (Phi) is 6.16. The first-order chi connectivity index (χ1) is 15.9. The summed E-state index contributed by atoms with van der Waals surface area (Å²) >= 11 is 0. The molecule has 10 heteroatoms. The smallest absolute Gasteiger partial charge is 0.270 e. The molecular weight excluding hydrogens is 429 g/mol. The molecule has 2 N–H and O–H groups in total.